The first kappa shape index (κ1) is 13.5. The molecule has 0 bridgehead atoms. The highest BCUT2D eigenvalue weighted by Crippen LogP contribution is 2.26. The number of nitrogens with one attached hydrogen (secondary N) is 1. The molecule has 16 heavy (non-hydrogen) atoms. The maximum atomic E-state index is 11.5. The molecule has 1 atom stereocenters. The minimum atomic E-state index is -0.441. The minimum Gasteiger partial charge on any atom is -0.458 e. The lowest BCUT2D eigenvalue weighted by Crippen LogP contribution is -2.34. The molecule has 1 aliphatic heterocycles. The van der Waals surface area contributed by atoms with E-state index in [1.165, 1.54) is 0 Å². The molecule has 1 rings (SSSR count). The topological polar surface area (TPSA) is 47.6 Å². The Morgan fingerprint density at radius 2 is 2.06 bits per heavy atom. The van der Waals surface area contributed by atoms with Crippen LogP contribution in [-0.4, -0.2) is 37.4 Å². The first-order valence-corrected chi connectivity index (χ1v) is 5.75. The van der Waals surface area contributed by atoms with Gasteiger partial charge in [0, 0.05) is 18.5 Å². The number of rotatable bonds is 3. The largest absolute Gasteiger partial charge is 0.458 e. The van der Waals surface area contributed by atoms with Gasteiger partial charge < -0.3 is 14.8 Å². The molecule has 1 saturated heterocycles. The first-order chi connectivity index (χ1) is 7.21. The highest BCUT2D eigenvalue weighted by atomic mass is 16.6. The predicted octanol–water partition coefficient (Wildman–Crippen LogP) is 1.34. The van der Waals surface area contributed by atoms with E-state index in [4.69, 9.17) is 9.47 Å². The summed E-state index contributed by atoms with van der Waals surface area (Å²) in [5, 5.41) is 3.26. The normalized spacial score (nSPS) is 24.4. The molecule has 0 aromatic heterocycles. The van der Waals surface area contributed by atoms with Crippen molar-refractivity contribution in [1.82, 2.24) is 5.32 Å². The number of esters is 1. The van der Waals surface area contributed by atoms with Crippen molar-refractivity contribution in [3.8, 4) is 0 Å². The Bertz CT molecular complexity index is 255. The summed E-state index contributed by atoms with van der Waals surface area (Å²) < 4.78 is 10.8. The molecule has 1 N–H and O–H groups in total. The fraction of sp³-hybridized carbons (Fsp3) is 0.917. The van der Waals surface area contributed by atoms with Crippen LogP contribution < -0.4 is 5.32 Å². The van der Waals surface area contributed by atoms with E-state index < -0.39 is 5.60 Å². The predicted molar refractivity (Wildman–Crippen MR) is 62.2 cm³/mol. The van der Waals surface area contributed by atoms with Gasteiger partial charge in [0.25, 0.3) is 0 Å². The molecule has 1 aliphatic rings. The molecular weight excluding hydrogens is 206 g/mol. The van der Waals surface area contributed by atoms with Crippen molar-refractivity contribution >= 4 is 5.97 Å². The van der Waals surface area contributed by atoms with Gasteiger partial charge in [-0.1, -0.05) is 13.8 Å². The van der Waals surface area contributed by atoms with Crippen LogP contribution in [0, 0.1) is 5.41 Å². The average molecular weight is 229 g/mol. The van der Waals surface area contributed by atoms with Crippen LogP contribution in [0.5, 0.6) is 0 Å². The Balaban J connectivity index is 2.32. The zero-order chi connectivity index (χ0) is 12.4. The van der Waals surface area contributed by atoms with E-state index in [2.05, 4.69) is 19.2 Å². The Morgan fingerprint density at radius 3 is 2.50 bits per heavy atom. The number of carbonyl (C=O) groups is 1. The Labute approximate surface area is 97.7 Å². The van der Waals surface area contributed by atoms with Crippen molar-refractivity contribution in [2.45, 2.75) is 46.3 Å². The van der Waals surface area contributed by atoms with Crippen LogP contribution in [0.4, 0.5) is 0 Å². The lowest BCUT2D eigenvalue weighted by molar-refractivity contribution is -0.163. The first-order valence-electron chi connectivity index (χ1n) is 5.75. The van der Waals surface area contributed by atoms with Crippen LogP contribution in [0.2, 0.25) is 0 Å². The van der Waals surface area contributed by atoms with Gasteiger partial charge in [-0.05, 0) is 20.8 Å². The molecule has 4 heteroatoms. The van der Waals surface area contributed by atoms with Gasteiger partial charge in [-0.3, -0.25) is 0 Å². The van der Waals surface area contributed by atoms with E-state index in [1.54, 1.807) is 0 Å². The molecule has 0 aliphatic carbocycles. The maximum Gasteiger partial charge on any atom is 0.332 e. The molecule has 1 unspecified atom stereocenters. The van der Waals surface area contributed by atoms with Gasteiger partial charge in [-0.15, -0.1) is 0 Å². The summed E-state index contributed by atoms with van der Waals surface area (Å²) in [5.74, 6) is -0.296. The summed E-state index contributed by atoms with van der Waals surface area (Å²) in [7, 11) is 0. The highest BCUT2D eigenvalue weighted by Gasteiger charge is 2.35. The van der Waals surface area contributed by atoms with E-state index in [1.807, 2.05) is 20.8 Å². The molecule has 94 valence electrons. The van der Waals surface area contributed by atoms with Crippen LogP contribution in [-0.2, 0) is 14.3 Å². The molecule has 0 aromatic carbocycles. The highest BCUT2D eigenvalue weighted by molar-refractivity contribution is 5.71. The van der Waals surface area contributed by atoms with Gasteiger partial charge in [0.1, 0.15) is 12.2 Å². The average Bonchev–Trinajstić information content (AvgIpc) is 2.38. The van der Waals surface area contributed by atoms with E-state index in [-0.39, 0.29) is 24.1 Å². The summed E-state index contributed by atoms with van der Waals surface area (Å²) >= 11 is 0. The van der Waals surface area contributed by atoms with E-state index >= 15 is 0 Å². The Morgan fingerprint density at radius 1 is 1.44 bits per heavy atom. The molecule has 0 amide bonds. The molecule has 4 nitrogen and oxygen atoms in total. The van der Waals surface area contributed by atoms with Crippen LogP contribution in [0.1, 0.15) is 34.6 Å². The minimum absolute atomic E-state index is 0.0348. The molecular formula is C12H23NO3. The molecule has 0 aromatic rings. The van der Waals surface area contributed by atoms with Gasteiger partial charge >= 0.3 is 5.97 Å². The standard InChI is InChI=1S/C12H23NO3/c1-11(2,3)16-10(14)7-15-9-6-13-8-12(9,4)5/h9,13H,6-8H2,1-5H3. The molecule has 1 heterocycles. The summed E-state index contributed by atoms with van der Waals surface area (Å²) in [4.78, 5) is 11.5. The van der Waals surface area contributed by atoms with E-state index in [9.17, 15) is 4.79 Å². The Hall–Kier alpha value is -0.610. The summed E-state index contributed by atoms with van der Waals surface area (Å²) in [5.41, 5.74) is -0.355. The summed E-state index contributed by atoms with van der Waals surface area (Å²) in [6.07, 6.45) is 0.0834. The summed E-state index contributed by atoms with van der Waals surface area (Å²) in [6, 6.07) is 0. The Kier molecular flexibility index (Phi) is 3.97. The second-order valence-electron chi connectivity index (χ2n) is 6.01. The van der Waals surface area contributed by atoms with Gasteiger partial charge in [0.15, 0.2) is 0 Å². The number of hydrogen-bond acceptors (Lipinski definition) is 4. The molecule has 1 fully saturated rings. The number of carbonyl (C=O) groups excluding carboxylic acids is 1. The van der Waals surface area contributed by atoms with Crippen molar-refractivity contribution in [1.29, 1.82) is 0 Å². The van der Waals surface area contributed by atoms with E-state index in [0.717, 1.165) is 13.1 Å². The van der Waals surface area contributed by atoms with Gasteiger partial charge in [-0.25, -0.2) is 4.79 Å². The second-order valence-corrected chi connectivity index (χ2v) is 6.01. The fourth-order valence-corrected chi connectivity index (χ4v) is 1.74. The third kappa shape index (κ3) is 4.10. The number of ether oxygens (including phenoxy) is 2. The van der Waals surface area contributed by atoms with Crippen molar-refractivity contribution in [2.75, 3.05) is 19.7 Å². The fourth-order valence-electron chi connectivity index (χ4n) is 1.74. The lowest BCUT2D eigenvalue weighted by atomic mass is 9.90. The van der Waals surface area contributed by atoms with Crippen molar-refractivity contribution < 1.29 is 14.3 Å². The zero-order valence-corrected chi connectivity index (χ0v) is 10.9. The summed E-state index contributed by atoms with van der Waals surface area (Å²) in [6.45, 7) is 11.6. The lowest BCUT2D eigenvalue weighted by Gasteiger charge is -2.26. The zero-order valence-electron chi connectivity index (χ0n) is 10.9. The molecule has 0 radical (unpaired) electrons. The monoisotopic (exact) mass is 229 g/mol. The van der Waals surface area contributed by atoms with Gasteiger partial charge in [-0.2, -0.15) is 0 Å². The van der Waals surface area contributed by atoms with Gasteiger partial charge in [0.2, 0.25) is 0 Å². The third-order valence-electron chi connectivity index (χ3n) is 2.60. The smallest absolute Gasteiger partial charge is 0.332 e. The molecule has 0 saturated carbocycles. The van der Waals surface area contributed by atoms with Crippen LogP contribution in [0.25, 0.3) is 0 Å². The number of hydrogen-bond donors (Lipinski definition) is 1. The third-order valence-corrected chi connectivity index (χ3v) is 2.60. The van der Waals surface area contributed by atoms with E-state index in [0.29, 0.717) is 0 Å². The SMILES string of the molecule is CC(C)(C)OC(=O)COC1CNCC1(C)C. The molecule has 0 spiro atoms. The maximum absolute atomic E-state index is 11.5. The van der Waals surface area contributed by atoms with Crippen LogP contribution in [0.15, 0.2) is 0 Å². The van der Waals surface area contributed by atoms with Gasteiger partial charge in [0.05, 0.1) is 6.10 Å². The quantitative estimate of drug-likeness (QED) is 0.742. The second kappa shape index (κ2) is 4.72. The van der Waals surface area contributed by atoms with Crippen molar-refractivity contribution in [3.05, 3.63) is 0 Å². The van der Waals surface area contributed by atoms with Crippen LogP contribution >= 0.6 is 0 Å². The van der Waals surface area contributed by atoms with Crippen molar-refractivity contribution in [3.63, 3.8) is 0 Å². The van der Waals surface area contributed by atoms with Crippen molar-refractivity contribution in [2.24, 2.45) is 5.41 Å². The van der Waals surface area contributed by atoms with Crippen LogP contribution in [0.3, 0.4) is 0 Å².